The molecule has 2 heterocycles. The van der Waals surface area contributed by atoms with Crippen LogP contribution < -0.4 is 10.1 Å². The van der Waals surface area contributed by atoms with Crippen molar-refractivity contribution in [3.8, 4) is 5.75 Å². The molecule has 6 heteroatoms. The molecule has 1 aromatic carbocycles. The van der Waals surface area contributed by atoms with Gasteiger partial charge in [-0.05, 0) is 36.2 Å². The maximum atomic E-state index is 11.5. The Hall–Kier alpha value is -2.34. The Balaban J connectivity index is 1.49. The number of benzene rings is 1. The van der Waals surface area contributed by atoms with E-state index in [-0.39, 0.29) is 16.4 Å². The van der Waals surface area contributed by atoms with E-state index < -0.39 is 0 Å². The molecule has 1 fully saturated rings. The Morgan fingerprint density at radius 1 is 1.13 bits per heavy atom. The third kappa shape index (κ3) is 4.32. The van der Waals surface area contributed by atoms with Crippen molar-refractivity contribution in [1.82, 2.24) is 10.3 Å². The van der Waals surface area contributed by atoms with Crippen LogP contribution in [0, 0.1) is 0 Å². The minimum atomic E-state index is -0.335. The SMILES string of the molecule is O=C1NC(=O)[C@@H](Cc2ccc(OCCc3ccccn3)cc2)S1. The third-order valence-corrected chi connectivity index (χ3v) is 4.45. The Morgan fingerprint density at radius 2 is 1.96 bits per heavy atom. The molecule has 1 atom stereocenters. The van der Waals surface area contributed by atoms with Crippen LogP contribution in [-0.2, 0) is 17.6 Å². The van der Waals surface area contributed by atoms with E-state index in [0.717, 1.165) is 35.2 Å². The van der Waals surface area contributed by atoms with Crippen LogP contribution in [0.1, 0.15) is 11.3 Å². The molecule has 1 N–H and O–H groups in total. The van der Waals surface area contributed by atoms with Gasteiger partial charge in [0.05, 0.1) is 11.9 Å². The van der Waals surface area contributed by atoms with Gasteiger partial charge in [-0.3, -0.25) is 19.9 Å². The van der Waals surface area contributed by atoms with Crippen LogP contribution in [0.4, 0.5) is 4.79 Å². The molecule has 118 valence electrons. The Kier molecular flexibility index (Phi) is 4.92. The van der Waals surface area contributed by atoms with E-state index in [9.17, 15) is 9.59 Å². The molecule has 0 bridgehead atoms. The highest BCUT2D eigenvalue weighted by Gasteiger charge is 2.31. The fourth-order valence-electron chi connectivity index (χ4n) is 2.28. The summed E-state index contributed by atoms with van der Waals surface area (Å²) in [6.07, 6.45) is 3.06. The highest BCUT2D eigenvalue weighted by molar-refractivity contribution is 8.15. The van der Waals surface area contributed by atoms with Crippen LogP contribution in [0.15, 0.2) is 48.7 Å². The number of thioether (sulfide) groups is 1. The Labute approximate surface area is 138 Å². The van der Waals surface area contributed by atoms with E-state index in [0.29, 0.717) is 13.0 Å². The van der Waals surface area contributed by atoms with Crippen molar-refractivity contribution in [3.05, 3.63) is 59.9 Å². The summed E-state index contributed by atoms with van der Waals surface area (Å²) < 4.78 is 5.69. The van der Waals surface area contributed by atoms with Crippen LogP contribution in [0.3, 0.4) is 0 Å². The third-order valence-electron chi connectivity index (χ3n) is 3.46. The van der Waals surface area contributed by atoms with Crippen LogP contribution in [-0.4, -0.2) is 28.0 Å². The van der Waals surface area contributed by atoms with E-state index >= 15 is 0 Å². The number of pyridine rings is 1. The number of nitrogens with one attached hydrogen (secondary N) is 1. The molecule has 1 aliphatic rings. The second-order valence-electron chi connectivity index (χ2n) is 5.15. The molecule has 2 aromatic rings. The lowest BCUT2D eigenvalue weighted by atomic mass is 10.1. The number of ether oxygens (including phenoxy) is 1. The van der Waals surface area contributed by atoms with Crippen molar-refractivity contribution >= 4 is 22.9 Å². The molecule has 1 aromatic heterocycles. The summed E-state index contributed by atoms with van der Waals surface area (Å²) in [5.41, 5.74) is 2.00. The van der Waals surface area contributed by atoms with Gasteiger partial charge in [0.25, 0.3) is 5.24 Å². The van der Waals surface area contributed by atoms with Crippen molar-refractivity contribution in [2.45, 2.75) is 18.1 Å². The molecule has 3 rings (SSSR count). The van der Waals surface area contributed by atoms with Gasteiger partial charge in [0, 0.05) is 18.3 Å². The van der Waals surface area contributed by atoms with Crippen molar-refractivity contribution in [3.63, 3.8) is 0 Å². The summed E-state index contributed by atoms with van der Waals surface area (Å²) >= 11 is 1.05. The minimum absolute atomic E-state index is 0.212. The number of carbonyl (C=O) groups excluding carboxylic acids is 2. The van der Waals surface area contributed by atoms with Gasteiger partial charge in [0.1, 0.15) is 5.75 Å². The lowest BCUT2D eigenvalue weighted by Gasteiger charge is -2.08. The van der Waals surface area contributed by atoms with Crippen molar-refractivity contribution < 1.29 is 14.3 Å². The molecule has 1 aliphatic heterocycles. The number of amides is 2. The van der Waals surface area contributed by atoms with Crippen molar-refractivity contribution in [2.75, 3.05) is 6.61 Å². The summed E-state index contributed by atoms with van der Waals surface area (Å²) in [4.78, 5) is 26.9. The first-order chi connectivity index (χ1) is 11.2. The number of hydrogen-bond acceptors (Lipinski definition) is 5. The monoisotopic (exact) mass is 328 g/mol. The minimum Gasteiger partial charge on any atom is -0.493 e. The molecule has 0 radical (unpaired) electrons. The number of nitrogens with zero attached hydrogens (tertiary/aromatic N) is 1. The van der Waals surface area contributed by atoms with Gasteiger partial charge in [0.2, 0.25) is 5.91 Å². The molecule has 23 heavy (non-hydrogen) atoms. The van der Waals surface area contributed by atoms with Crippen molar-refractivity contribution in [1.29, 1.82) is 0 Å². The first-order valence-electron chi connectivity index (χ1n) is 7.34. The fourth-order valence-corrected chi connectivity index (χ4v) is 3.14. The highest BCUT2D eigenvalue weighted by Crippen LogP contribution is 2.23. The van der Waals surface area contributed by atoms with E-state index in [1.165, 1.54) is 0 Å². The standard InChI is InChI=1S/C17H16N2O3S/c20-16-15(23-17(21)19-16)11-12-4-6-14(7-5-12)22-10-8-13-3-1-2-9-18-13/h1-7,9,15H,8,10-11H2,(H,19,20,21)/t15-/m1/s1. The zero-order chi connectivity index (χ0) is 16.1. The highest BCUT2D eigenvalue weighted by atomic mass is 32.2. The number of aromatic nitrogens is 1. The number of hydrogen-bond donors (Lipinski definition) is 1. The zero-order valence-electron chi connectivity index (χ0n) is 12.4. The summed E-state index contributed by atoms with van der Waals surface area (Å²) in [6, 6.07) is 13.4. The van der Waals surface area contributed by atoms with Crippen LogP contribution >= 0.6 is 11.8 Å². The van der Waals surface area contributed by atoms with Gasteiger partial charge in [-0.15, -0.1) is 0 Å². The maximum Gasteiger partial charge on any atom is 0.286 e. The average molecular weight is 328 g/mol. The molecule has 1 saturated heterocycles. The average Bonchev–Trinajstić information content (AvgIpc) is 2.88. The molecule has 2 amide bonds. The van der Waals surface area contributed by atoms with Gasteiger partial charge < -0.3 is 4.74 Å². The smallest absolute Gasteiger partial charge is 0.286 e. The Bertz CT molecular complexity index is 689. The molecule has 0 unspecified atom stereocenters. The lowest BCUT2D eigenvalue weighted by Crippen LogP contribution is -2.25. The topological polar surface area (TPSA) is 68.3 Å². The van der Waals surface area contributed by atoms with Gasteiger partial charge in [-0.25, -0.2) is 0 Å². The second-order valence-corrected chi connectivity index (χ2v) is 6.33. The Morgan fingerprint density at radius 3 is 2.61 bits per heavy atom. The lowest BCUT2D eigenvalue weighted by molar-refractivity contribution is -0.118. The number of rotatable bonds is 6. The largest absolute Gasteiger partial charge is 0.493 e. The second kappa shape index (κ2) is 7.28. The van der Waals surface area contributed by atoms with E-state index in [2.05, 4.69) is 10.3 Å². The van der Waals surface area contributed by atoms with Gasteiger partial charge in [-0.1, -0.05) is 30.0 Å². The molecule has 0 saturated carbocycles. The van der Waals surface area contributed by atoms with Gasteiger partial charge in [0.15, 0.2) is 0 Å². The van der Waals surface area contributed by atoms with Gasteiger partial charge in [-0.2, -0.15) is 0 Å². The number of imide groups is 1. The number of carbonyl (C=O) groups is 2. The van der Waals surface area contributed by atoms with Crippen LogP contribution in [0.5, 0.6) is 5.75 Å². The first kappa shape index (κ1) is 15.6. The summed E-state index contributed by atoms with van der Waals surface area (Å²) in [7, 11) is 0. The predicted molar refractivity (Wildman–Crippen MR) is 88.5 cm³/mol. The zero-order valence-corrected chi connectivity index (χ0v) is 13.2. The van der Waals surface area contributed by atoms with Crippen molar-refractivity contribution in [2.24, 2.45) is 0 Å². The van der Waals surface area contributed by atoms with E-state index in [1.54, 1.807) is 6.20 Å². The quantitative estimate of drug-likeness (QED) is 0.883. The fraction of sp³-hybridized carbons (Fsp3) is 0.235. The molecule has 0 aliphatic carbocycles. The molecular formula is C17H16N2O3S. The molecule has 0 spiro atoms. The summed E-state index contributed by atoms with van der Waals surface area (Å²) in [5.74, 6) is 0.569. The maximum absolute atomic E-state index is 11.5. The predicted octanol–water partition coefficient (Wildman–Crippen LogP) is 2.60. The summed E-state index contributed by atoms with van der Waals surface area (Å²) in [5, 5.41) is 1.69. The first-order valence-corrected chi connectivity index (χ1v) is 8.22. The van der Waals surface area contributed by atoms with Gasteiger partial charge >= 0.3 is 0 Å². The molecule has 5 nitrogen and oxygen atoms in total. The van der Waals surface area contributed by atoms with E-state index in [4.69, 9.17) is 4.74 Å². The normalized spacial score (nSPS) is 17.1. The van der Waals surface area contributed by atoms with Crippen LogP contribution in [0.2, 0.25) is 0 Å². The summed E-state index contributed by atoms with van der Waals surface area (Å²) in [6.45, 7) is 0.561. The van der Waals surface area contributed by atoms with E-state index in [1.807, 2.05) is 42.5 Å². The molecular weight excluding hydrogens is 312 g/mol. The van der Waals surface area contributed by atoms with Crippen LogP contribution in [0.25, 0.3) is 0 Å².